The fourth-order valence-electron chi connectivity index (χ4n) is 3.13. The summed E-state index contributed by atoms with van der Waals surface area (Å²) < 4.78 is 4.91. The number of aromatic nitrogens is 4. The molecule has 126 valence electrons. The van der Waals surface area contributed by atoms with Crippen LogP contribution >= 0.6 is 11.3 Å². The van der Waals surface area contributed by atoms with E-state index in [2.05, 4.69) is 16.4 Å². The predicted molar refractivity (Wildman–Crippen MR) is 101 cm³/mol. The highest BCUT2D eigenvalue weighted by Gasteiger charge is 2.18. The minimum atomic E-state index is 0.222. The maximum Gasteiger partial charge on any atom is 0.195 e. The third-order valence-electron chi connectivity index (χ3n) is 4.31. The summed E-state index contributed by atoms with van der Waals surface area (Å²) >= 11 is 1.55. The molecule has 2 N–H and O–H groups in total. The van der Waals surface area contributed by atoms with Gasteiger partial charge < -0.3 is 10.4 Å². The zero-order valence-corrected chi connectivity index (χ0v) is 14.4. The van der Waals surface area contributed by atoms with Gasteiger partial charge in [-0.15, -0.1) is 0 Å². The molecule has 5 rings (SSSR count). The lowest BCUT2D eigenvalue weighted by Crippen LogP contribution is -1.95. The van der Waals surface area contributed by atoms with Gasteiger partial charge in [0.1, 0.15) is 28.6 Å². The van der Waals surface area contributed by atoms with Gasteiger partial charge in [-0.1, -0.05) is 11.3 Å². The zero-order chi connectivity index (χ0) is 17.8. The van der Waals surface area contributed by atoms with E-state index < -0.39 is 0 Å². The van der Waals surface area contributed by atoms with E-state index in [1.807, 2.05) is 34.3 Å². The van der Waals surface area contributed by atoms with Crippen LogP contribution in [0.5, 0.6) is 5.75 Å². The van der Waals surface area contributed by atoms with Crippen LogP contribution in [0.4, 0.5) is 5.82 Å². The van der Waals surface area contributed by atoms with E-state index in [0.29, 0.717) is 16.9 Å². The number of hydrogen-bond acceptors (Lipinski definition) is 6. The number of anilines is 1. The van der Waals surface area contributed by atoms with E-state index in [1.54, 1.807) is 35.6 Å². The average molecular weight is 360 g/mol. The van der Waals surface area contributed by atoms with Crippen molar-refractivity contribution in [3.63, 3.8) is 0 Å². The molecular formula is C18H12N6OS. The van der Waals surface area contributed by atoms with Gasteiger partial charge in [0, 0.05) is 25.5 Å². The minimum Gasteiger partial charge on any atom is -0.508 e. The van der Waals surface area contributed by atoms with Crippen molar-refractivity contribution in [2.24, 2.45) is 0 Å². The number of phenols is 1. The van der Waals surface area contributed by atoms with Gasteiger partial charge in [0.25, 0.3) is 0 Å². The molecule has 0 fully saturated rings. The van der Waals surface area contributed by atoms with Crippen LogP contribution in [0, 0.1) is 11.3 Å². The Labute approximate surface area is 151 Å². The molecule has 0 aliphatic rings. The van der Waals surface area contributed by atoms with Crippen molar-refractivity contribution in [1.29, 1.82) is 5.26 Å². The first-order valence-electron chi connectivity index (χ1n) is 7.89. The lowest BCUT2D eigenvalue weighted by molar-refractivity contribution is 0.476. The Morgan fingerprint density at radius 3 is 2.88 bits per heavy atom. The number of imidazole rings is 2. The zero-order valence-electron chi connectivity index (χ0n) is 13.6. The van der Waals surface area contributed by atoms with E-state index >= 15 is 0 Å². The number of fused-ring (bicyclic) bond motifs is 4. The summed E-state index contributed by atoms with van der Waals surface area (Å²) in [6.07, 6.45) is 3.74. The van der Waals surface area contributed by atoms with Crippen LogP contribution in [0.25, 0.3) is 32.2 Å². The van der Waals surface area contributed by atoms with E-state index in [9.17, 15) is 5.11 Å². The predicted octanol–water partition coefficient (Wildman–Crippen LogP) is 3.48. The highest BCUT2D eigenvalue weighted by atomic mass is 32.1. The van der Waals surface area contributed by atoms with Gasteiger partial charge in [-0.05, 0) is 24.3 Å². The molecule has 4 heterocycles. The molecule has 0 unspecified atom stereocenters. The first kappa shape index (κ1) is 14.7. The maximum absolute atomic E-state index is 9.78. The summed E-state index contributed by atoms with van der Waals surface area (Å²) in [5.41, 5.74) is 3.59. The molecule has 0 bridgehead atoms. The molecule has 0 atom stereocenters. The fourth-order valence-corrected chi connectivity index (χ4v) is 4.12. The number of aromatic hydroxyl groups is 1. The van der Waals surface area contributed by atoms with E-state index in [-0.39, 0.29) is 5.75 Å². The van der Waals surface area contributed by atoms with Crippen LogP contribution in [-0.4, -0.2) is 30.9 Å². The topological polar surface area (TPSA) is 90.7 Å². The number of phenolic OH excluding ortho intramolecular Hbond substituents is 1. The van der Waals surface area contributed by atoms with Crippen molar-refractivity contribution < 1.29 is 5.11 Å². The van der Waals surface area contributed by atoms with Gasteiger partial charge >= 0.3 is 0 Å². The molecule has 8 heteroatoms. The van der Waals surface area contributed by atoms with Crippen LogP contribution in [0.15, 0.2) is 42.7 Å². The molecule has 1 aromatic carbocycles. The Bertz CT molecular complexity index is 1350. The lowest BCUT2D eigenvalue weighted by atomic mass is 10.3. The summed E-state index contributed by atoms with van der Waals surface area (Å²) in [4.78, 5) is 10.2. The van der Waals surface area contributed by atoms with Crippen LogP contribution in [-0.2, 0) is 0 Å². The summed E-state index contributed by atoms with van der Waals surface area (Å²) in [5.74, 6) is 1.03. The number of hydrogen-bond donors (Lipinski definition) is 2. The quantitative estimate of drug-likeness (QED) is 0.503. The Morgan fingerprint density at radius 1 is 1.19 bits per heavy atom. The molecule has 7 nitrogen and oxygen atoms in total. The number of rotatable bonds is 2. The third kappa shape index (κ3) is 1.98. The number of nitrogens with one attached hydrogen (secondary N) is 1. The van der Waals surface area contributed by atoms with Crippen molar-refractivity contribution in [3.8, 4) is 23.2 Å². The van der Waals surface area contributed by atoms with Crippen LogP contribution in [0.2, 0.25) is 0 Å². The Hall–Kier alpha value is -3.57. The number of thiazole rings is 1. The molecule has 26 heavy (non-hydrogen) atoms. The first-order chi connectivity index (χ1) is 12.7. The summed E-state index contributed by atoms with van der Waals surface area (Å²) in [7, 11) is 1.83. The van der Waals surface area contributed by atoms with Crippen LogP contribution in [0.3, 0.4) is 0 Å². The molecule has 0 aliphatic carbocycles. The van der Waals surface area contributed by atoms with Gasteiger partial charge in [-0.3, -0.25) is 8.80 Å². The van der Waals surface area contributed by atoms with Crippen molar-refractivity contribution in [3.05, 3.63) is 48.3 Å². The largest absolute Gasteiger partial charge is 0.508 e. The Balaban J connectivity index is 1.76. The third-order valence-corrected chi connectivity index (χ3v) is 5.35. The van der Waals surface area contributed by atoms with E-state index in [4.69, 9.17) is 10.2 Å². The van der Waals surface area contributed by atoms with Crippen LogP contribution < -0.4 is 5.32 Å². The van der Waals surface area contributed by atoms with Crippen molar-refractivity contribution in [2.45, 2.75) is 0 Å². The van der Waals surface area contributed by atoms with Gasteiger partial charge in [0.2, 0.25) is 0 Å². The normalized spacial score (nSPS) is 11.4. The highest BCUT2D eigenvalue weighted by molar-refractivity contribution is 7.23. The van der Waals surface area contributed by atoms with Crippen molar-refractivity contribution in [1.82, 2.24) is 18.8 Å². The van der Waals surface area contributed by atoms with Gasteiger partial charge in [0.15, 0.2) is 4.96 Å². The lowest BCUT2D eigenvalue weighted by Gasteiger charge is -2.01. The van der Waals surface area contributed by atoms with E-state index in [1.165, 1.54) is 0 Å². The molecule has 0 saturated carbocycles. The SMILES string of the molecule is CNc1c(-c2cn3c(n2)sc2ccc(O)cc23)nc2cc(C#N)ccn12. The van der Waals surface area contributed by atoms with Gasteiger partial charge in [-0.2, -0.15) is 5.26 Å². The highest BCUT2D eigenvalue weighted by Crippen LogP contribution is 2.33. The monoisotopic (exact) mass is 360 g/mol. The molecule has 0 amide bonds. The van der Waals surface area contributed by atoms with Gasteiger partial charge in [-0.25, -0.2) is 9.97 Å². The molecule has 0 radical (unpaired) electrons. The first-order valence-corrected chi connectivity index (χ1v) is 8.70. The molecule has 0 aliphatic heterocycles. The van der Waals surface area contributed by atoms with Crippen LogP contribution in [0.1, 0.15) is 5.56 Å². The fraction of sp³-hybridized carbons (Fsp3) is 0.0556. The second-order valence-electron chi connectivity index (χ2n) is 5.85. The van der Waals surface area contributed by atoms with Gasteiger partial charge in [0.05, 0.1) is 21.8 Å². The number of nitrogens with zero attached hydrogens (tertiary/aromatic N) is 5. The Morgan fingerprint density at radius 2 is 2.08 bits per heavy atom. The molecule has 4 aromatic heterocycles. The maximum atomic E-state index is 9.78. The summed E-state index contributed by atoms with van der Waals surface area (Å²) in [6.45, 7) is 0. The minimum absolute atomic E-state index is 0.222. The number of pyridine rings is 1. The van der Waals surface area contributed by atoms with Crippen molar-refractivity contribution in [2.75, 3.05) is 12.4 Å². The summed E-state index contributed by atoms with van der Waals surface area (Å²) in [5, 5.41) is 22.0. The number of nitriles is 1. The second kappa shape index (κ2) is 5.21. The molecule has 5 aromatic rings. The molecule has 0 spiro atoms. The smallest absolute Gasteiger partial charge is 0.195 e. The number of benzene rings is 1. The van der Waals surface area contributed by atoms with E-state index in [0.717, 1.165) is 26.7 Å². The Kier molecular flexibility index (Phi) is 2.96. The molecular weight excluding hydrogens is 348 g/mol. The second-order valence-corrected chi connectivity index (χ2v) is 6.86. The van der Waals surface area contributed by atoms with Crippen molar-refractivity contribution >= 4 is 38.0 Å². The summed E-state index contributed by atoms with van der Waals surface area (Å²) in [6, 6.07) is 10.9. The molecule has 0 saturated heterocycles. The average Bonchev–Trinajstić information content (AvgIpc) is 3.31. The standard InChI is InChI=1S/C18H12N6OS/c1-20-17-16(22-15-6-10(8-19)4-5-23(15)17)12-9-24-13-7-11(25)2-3-14(13)26-18(24)21-12/h2-7,9,20,25H,1H3.